The fraction of sp³-hybridized carbons (Fsp3) is 0.312. The van der Waals surface area contributed by atoms with Crippen LogP contribution >= 0.6 is 12.2 Å². The molecule has 0 spiro atoms. The summed E-state index contributed by atoms with van der Waals surface area (Å²) < 4.78 is 6.62. The minimum atomic E-state index is -0.415. The maximum Gasteiger partial charge on any atom is 0.252 e. The number of ether oxygens (including phenoxy) is 1. The van der Waals surface area contributed by atoms with Crippen molar-refractivity contribution >= 4 is 18.1 Å². The van der Waals surface area contributed by atoms with Crippen LogP contribution in [0, 0.1) is 4.77 Å². The van der Waals surface area contributed by atoms with E-state index in [1.165, 1.54) is 23.8 Å². The SMILES string of the molecule is CNCCNC(=O)Cn1c(-c2ccc(OC)cc2O)cc(=O)[nH]c1=S. The number of nitrogens with one attached hydrogen (secondary N) is 3. The van der Waals surface area contributed by atoms with Crippen molar-refractivity contribution in [3.8, 4) is 22.8 Å². The first-order chi connectivity index (χ1) is 12.0. The lowest BCUT2D eigenvalue weighted by Gasteiger charge is -2.15. The zero-order valence-electron chi connectivity index (χ0n) is 14.0. The highest BCUT2D eigenvalue weighted by Crippen LogP contribution is 2.31. The quantitative estimate of drug-likeness (QED) is 0.424. The van der Waals surface area contributed by atoms with Crippen LogP contribution in [0.5, 0.6) is 11.5 Å². The Hall–Kier alpha value is -2.65. The van der Waals surface area contributed by atoms with Gasteiger partial charge in [-0.05, 0) is 31.4 Å². The summed E-state index contributed by atoms with van der Waals surface area (Å²) in [6.45, 7) is 1.02. The number of amides is 1. The highest BCUT2D eigenvalue weighted by Gasteiger charge is 2.14. The maximum atomic E-state index is 12.1. The molecule has 1 heterocycles. The molecule has 1 aromatic carbocycles. The number of phenols is 1. The normalized spacial score (nSPS) is 10.5. The number of H-pyrrole nitrogens is 1. The molecule has 0 aliphatic heterocycles. The summed E-state index contributed by atoms with van der Waals surface area (Å²) >= 11 is 5.18. The minimum Gasteiger partial charge on any atom is -0.507 e. The average molecular weight is 364 g/mol. The van der Waals surface area contributed by atoms with Crippen LogP contribution in [0.2, 0.25) is 0 Å². The summed E-state index contributed by atoms with van der Waals surface area (Å²) in [5.41, 5.74) is 0.306. The smallest absolute Gasteiger partial charge is 0.252 e. The van der Waals surface area contributed by atoms with Crippen LogP contribution in [-0.4, -0.2) is 47.8 Å². The van der Waals surface area contributed by atoms with Crippen LogP contribution in [0.15, 0.2) is 29.1 Å². The Morgan fingerprint density at radius 1 is 1.36 bits per heavy atom. The third-order valence-electron chi connectivity index (χ3n) is 3.51. The van der Waals surface area contributed by atoms with Crippen molar-refractivity contribution in [3.05, 3.63) is 39.4 Å². The van der Waals surface area contributed by atoms with Crippen molar-refractivity contribution in [3.63, 3.8) is 0 Å². The van der Waals surface area contributed by atoms with Crippen LogP contribution in [-0.2, 0) is 11.3 Å². The maximum absolute atomic E-state index is 12.1. The molecule has 2 aromatic rings. The number of phenolic OH excluding ortho intramolecular Hbond substituents is 1. The van der Waals surface area contributed by atoms with Crippen LogP contribution in [0.25, 0.3) is 11.3 Å². The van der Waals surface area contributed by atoms with Crippen molar-refractivity contribution in [2.75, 3.05) is 27.2 Å². The molecule has 0 aliphatic carbocycles. The Labute approximate surface area is 149 Å². The number of likely N-dealkylation sites (N-methyl/N-ethyl adjacent to an activating group) is 1. The van der Waals surface area contributed by atoms with Gasteiger partial charge in [0.25, 0.3) is 5.56 Å². The monoisotopic (exact) mass is 364 g/mol. The molecule has 8 nitrogen and oxygen atoms in total. The van der Waals surface area contributed by atoms with Crippen molar-refractivity contribution in [1.29, 1.82) is 0 Å². The van der Waals surface area contributed by atoms with Gasteiger partial charge in [-0.1, -0.05) is 0 Å². The fourth-order valence-electron chi connectivity index (χ4n) is 2.28. The van der Waals surface area contributed by atoms with Gasteiger partial charge in [0.2, 0.25) is 5.91 Å². The Morgan fingerprint density at radius 2 is 2.12 bits per heavy atom. The minimum absolute atomic E-state index is 0.0799. The van der Waals surface area contributed by atoms with Crippen LogP contribution in [0.4, 0.5) is 0 Å². The molecule has 1 amide bonds. The van der Waals surface area contributed by atoms with Crippen molar-refractivity contribution < 1.29 is 14.6 Å². The van der Waals surface area contributed by atoms with Gasteiger partial charge in [0.15, 0.2) is 4.77 Å². The second-order valence-corrected chi connectivity index (χ2v) is 5.63. The van der Waals surface area contributed by atoms with Gasteiger partial charge in [-0.3, -0.25) is 14.6 Å². The molecule has 0 saturated heterocycles. The summed E-state index contributed by atoms with van der Waals surface area (Å²) in [4.78, 5) is 26.4. The number of aromatic amines is 1. The lowest BCUT2D eigenvalue weighted by atomic mass is 10.1. The molecule has 0 radical (unpaired) electrons. The number of methoxy groups -OCH3 is 1. The molecular weight excluding hydrogens is 344 g/mol. The Balaban J connectivity index is 2.43. The van der Waals surface area contributed by atoms with E-state index in [0.717, 1.165) is 0 Å². The average Bonchev–Trinajstić information content (AvgIpc) is 2.57. The van der Waals surface area contributed by atoms with Crippen LogP contribution in [0.1, 0.15) is 0 Å². The molecule has 1 aromatic heterocycles. The van der Waals surface area contributed by atoms with E-state index < -0.39 is 5.56 Å². The number of aromatic hydroxyl groups is 1. The van der Waals surface area contributed by atoms with Gasteiger partial charge in [-0.15, -0.1) is 0 Å². The van der Waals surface area contributed by atoms with Gasteiger partial charge in [-0.25, -0.2) is 0 Å². The summed E-state index contributed by atoms with van der Waals surface area (Å²) in [6, 6.07) is 5.97. The van der Waals surface area contributed by atoms with E-state index in [4.69, 9.17) is 17.0 Å². The second kappa shape index (κ2) is 8.45. The second-order valence-electron chi connectivity index (χ2n) is 5.25. The summed E-state index contributed by atoms with van der Waals surface area (Å²) in [5.74, 6) is 0.136. The number of aromatic nitrogens is 2. The Bertz CT molecular complexity index is 875. The van der Waals surface area contributed by atoms with E-state index in [2.05, 4.69) is 15.6 Å². The van der Waals surface area contributed by atoms with Gasteiger partial charge >= 0.3 is 0 Å². The number of hydrogen-bond donors (Lipinski definition) is 4. The number of rotatable bonds is 7. The first-order valence-electron chi connectivity index (χ1n) is 7.59. The van der Waals surface area contributed by atoms with E-state index >= 15 is 0 Å². The molecule has 134 valence electrons. The Kier molecular flexibility index (Phi) is 6.31. The van der Waals surface area contributed by atoms with E-state index in [1.54, 1.807) is 19.2 Å². The predicted octanol–water partition coefficient (Wildman–Crippen LogP) is 0.623. The largest absolute Gasteiger partial charge is 0.507 e. The lowest BCUT2D eigenvalue weighted by Crippen LogP contribution is -2.33. The van der Waals surface area contributed by atoms with Crippen molar-refractivity contribution in [2.24, 2.45) is 0 Å². The van der Waals surface area contributed by atoms with Crippen LogP contribution in [0.3, 0.4) is 0 Å². The van der Waals surface area contributed by atoms with E-state index in [0.29, 0.717) is 30.1 Å². The number of nitrogens with zero attached hydrogens (tertiary/aromatic N) is 1. The molecule has 0 atom stereocenters. The third kappa shape index (κ3) is 4.68. The molecule has 25 heavy (non-hydrogen) atoms. The highest BCUT2D eigenvalue weighted by molar-refractivity contribution is 7.71. The molecule has 0 saturated carbocycles. The molecule has 2 rings (SSSR count). The topological polar surface area (TPSA) is 108 Å². The molecular formula is C16H20N4O4S. The summed E-state index contributed by atoms with van der Waals surface area (Å²) in [7, 11) is 3.27. The summed E-state index contributed by atoms with van der Waals surface area (Å²) in [6.07, 6.45) is 0. The zero-order valence-corrected chi connectivity index (χ0v) is 14.8. The van der Waals surface area contributed by atoms with Gasteiger partial charge in [-0.2, -0.15) is 0 Å². The van der Waals surface area contributed by atoms with Crippen molar-refractivity contribution in [2.45, 2.75) is 6.54 Å². The van der Waals surface area contributed by atoms with Gasteiger partial charge in [0.05, 0.1) is 12.8 Å². The number of benzene rings is 1. The molecule has 9 heteroatoms. The first kappa shape index (κ1) is 18.7. The highest BCUT2D eigenvalue weighted by atomic mass is 32.1. The number of carbonyl (C=O) groups excluding carboxylic acids is 1. The van der Waals surface area contributed by atoms with Gasteiger partial charge < -0.3 is 25.0 Å². The summed E-state index contributed by atoms with van der Waals surface area (Å²) in [5, 5.41) is 15.9. The predicted molar refractivity (Wildman–Crippen MR) is 96.5 cm³/mol. The van der Waals surface area contributed by atoms with E-state index in [1.807, 2.05) is 0 Å². The first-order valence-corrected chi connectivity index (χ1v) is 8.00. The van der Waals surface area contributed by atoms with E-state index in [-0.39, 0.29) is 23.0 Å². The van der Waals surface area contributed by atoms with Crippen LogP contribution < -0.4 is 20.9 Å². The molecule has 0 bridgehead atoms. The molecule has 4 N–H and O–H groups in total. The fourth-order valence-corrected chi connectivity index (χ4v) is 2.55. The van der Waals surface area contributed by atoms with Gasteiger partial charge in [0, 0.05) is 30.8 Å². The molecule has 0 aliphatic rings. The Morgan fingerprint density at radius 3 is 2.76 bits per heavy atom. The van der Waals surface area contributed by atoms with Gasteiger partial charge in [0.1, 0.15) is 18.0 Å². The zero-order chi connectivity index (χ0) is 18.4. The number of hydrogen-bond acceptors (Lipinski definition) is 6. The molecule has 0 fully saturated rings. The van der Waals surface area contributed by atoms with Crippen molar-refractivity contribution in [1.82, 2.24) is 20.2 Å². The molecule has 0 unspecified atom stereocenters. The number of carbonyl (C=O) groups is 1. The third-order valence-corrected chi connectivity index (χ3v) is 3.84. The van der Waals surface area contributed by atoms with E-state index in [9.17, 15) is 14.7 Å². The lowest BCUT2D eigenvalue weighted by molar-refractivity contribution is -0.121. The standard InChI is InChI=1S/C16H20N4O4S/c1-17-5-6-18-15(23)9-20-12(8-14(22)19-16(20)25)11-4-3-10(24-2)7-13(11)21/h3-4,7-8,17,21H,5-6,9H2,1-2H3,(H,18,23)(H,19,22,25).